The Bertz CT molecular complexity index is 966. The normalized spacial score (nSPS) is 11.2. The molecule has 7 heteroatoms. The van der Waals surface area contributed by atoms with E-state index in [0.29, 0.717) is 32.6 Å². The molecular weight excluding hydrogens is 366 g/mol. The van der Waals surface area contributed by atoms with Crippen molar-refractivity contribution < 1.29 is 14.3 Å². The van der Waals surface area contributed by atoms with E-state index < -0.39 is 5.97 Å². The van der Waals surface area contributed by atoms with E-state index in [-0.39, 0.29) is 5.82 Å². The first-order chi connectivity index (χ1) is 11.9. The zero-order valence-corrected chi connectivity index (χ0v) is 14.2. The lowest BCUT2D eigenvalue weighted by Gasteiger charge is -2.02. The summed E-state index contributed by atoms with van der Waals surface area (Å²) in [6.07, 6.45) is 4.12. The summed E-state index contributed by atoms with van der Waals surface area (Å²) in [6, 6.07) is 10.8. The molecule has 3 rings (SSSR count). The fraction of sp³-hybridized carbons (Fsp3) is 0. The number of rotatable bonds is 4. The van der Waals surface area contributed by atoms with E-state index in [0.717, 1.165) is 6.08 Å². The van der Waals surface area contributed by atoms with Gasteiger partial charge in [0.05, 0.1) is 15.7 Å². The molecule has 0 aliphatic rings. The van der Waals surface area contributed by atoms with Crippen LogP contribution in [0.4, 0.5) is 4.39 Å². The Balaban J connectivity index is 2.12. The molecule has 1 heterocycles. The second kappa shape index (κ2) is 7.09. The zero-order chi connectivity index (χ0) is 18.0. The minimum absolute atomic E-state index is 0.355. The minimum atomic E-state index is -1.07. The second-order valence-corrected chi connectivity index (χ2v) is 5.97. The molecule has 0 aliphatic heterocycles. The molecule has 0 saturated heterocycles. The standard InChI is InChI=1S/C18H11Cl2FN2O2/c19-15-7-1-11(9-16(15)20)18-12(2-8-17(24)25)10-23(22-18)14-5-3-13(21)4-6-14/h1-10H,(H,24,25)/b8-2+. The number of hydrogen-bond donors (Lipinski definition) is 1. The largest absolute Gasteiger partial charge is 0.478 e. The van der Waals surface area contributed by atoms with Crippen molar-refractivity contribution in [3.8, 4) is 16.9 Å². The molecule has 1 aromatic heterocycles. The summed E-state index contributed by atoms with van der Waals surface area (Å²) in [6.45, 7) is 0. The molecule has 4 nitrogen and oxygen atoms in total. The second-order valence-electron chi connectivity index (χ2n) is 5.15. The first-order valence-corrected chi connectivity index (χ1v) is 7.91. The van der Waals surface area contributed by atoms with E-state index in [1.807, 2.05) is 0 Å². The molecule has 25 heavy (non-hydrogen) atoms. The average molecular weight is 377 g/mol. The van der Waals surface area contributed by atoms with Crippen LogP contribution >= 0.6 is 23.2 Å². The third kappa shape index (κ3) is 3.90. The van der Waals surface area contributed by atoms with Gasteiger partial charge in [0.2, 0.25) is 0 Å². The van der Waals surface area contributed by atoms with Crippen LogP contribution in [0.25, 0.3) is 23.0 Å². The van der Waals surface area contributed by atoms with Gasteiger partial charge in [0.15, 0.2) is 0 Å². The van der Waals surface area contributed by atoms with Crippen LogP contribution in [0, 0.1) is 5.82 Å². The van der Waals surface area contributed by atoms with Crippen molar-refractivity contribution in [1.82, 2.24) is 9.78 Å². The Kier molecular flexibility index (Phi) is 4.88. The van der Waals surface area contributed by atoms with Crippen molar-refractivity contribution in [2.75, 3.05) is 0 Å². The third-order valence-electron chi connectivity index (χ3n) is 3.43. The van der Waals surface area contributed by atoms with Crippen molar-refractivity contribution in [3.63, 3.8) is 0 Å². The maximum absolute atomic E-state index is 13.1. The maximum Gasteiger partial charge on any atom is 0.328 e. The number of aliphatic carboxylic acids is 1. The zero-order valence-electron chi connectivity index (χ0n) is 12.7. The Labute approximate surface area is 152 Å². The summed E-state index contributed by atoms with van der Waals surface area (Å²) >= 11 is 12.0. The fourth-order valence-corrected chi connectivity index (χ4v) is 2.56. The molecule has 0 bridgehead atoms. The molecular formula is C18H11Cl2FN2O2. The molecule has 0 aliphatic carbocycles. The number of carbonyl (C=O) groups is 1. The Morgan fingerprint density at radius 1 is 1.12 bits per heavy atom. The van der Waals surface area contributed by atoms with Gasteiger partial charge in [-0.2, -0.15) is 5.10 Å². The Hall–Kier alpha value is -2.63. The van der Waals surface area contributed by atoms with E-state index in [1.165, 1.54) is 18.2 Å². The van der Waals surface area contributed by atoms with Crippen LogP contribution in [0.1, 0.15) is 5.56 Å². The molecule has 0 saturated carbocycles. The summed E-state index contributed by atoms with van der Waals surface area (Å²) in [4.78, 5) is 10.8. The van der Waals surface area contributed by atoms with Crippen molar-refractivity contribution >= 4 is 35.2 Å². The molecule has 0 radical (unpaired) electrons. The van der Waals surface area contributed by atoms with Crippen LogP contribution in [0.5, 0.6) is 0 Å². The first-order valence-electron chi connectivity index (χ1n) is 7.16. The van der Waals surface area contributed by atoms with Crippen LogP contribution in [0.15, 0.2) is 54.7 Å². The van der Waals surface area contributed by atoms with Crippen LogP contribution < -0.4 is 0 Å². The van der Waals surface area contributed by atoms with Gasteiger partial charge >= 0.3 is 5.97 Å². The summed E-state index contributed by atoms with van der Waals surface area (Å²) in [5.74, 6) is -1.43. The molecule has 0 atom stereocenters. The van der Waals surface area contributed by atoms with E-state index in [1.54, 1.807) is 41.2 Å². The highest BCUT2D eigenvalue weighted by Crippen LogP contribution is 2.30. The van der Waals surface area contributed by atoms with E-state index in [2.05, 4.69) is 5.10 Å². The smallest absolute Gasteiger partial charge is 0.328 e. The highest BCUT2D eigenvalue weighted by Gasteiger charge is 2.12. The maximum atomic E-state index is 13.1. The number of carboxylic acids is 1. The molecule has 0 fully saturated rings. The number of carboxylic acid groups (broad SMARTS) is 1. The monoisotopic (exact) mass is 376 g/mol. The highest BCUT2D eigenvalue weighted by atomic mass is 35.5. The van der Waals surface area contributed by atoms with Gasteiger partial charge in [-0.15, -0.1) is 0 Å². The van der Waals surface area contributed by atoms with E-state index in [4.69, 9.17) is 28.3 Å². The molecule has 0 unspecified atom stereocenters. The van der Waals surface area contributed by atoms with Crippen molar-refractivity contribution in [3.05, 3.63) is 76.2 Å². The van der Waals surface area contributed by atoms with E-state index >= 15 is 0 Å². The summed E-state index contributed by atoms with van der Waals surface area (Å²) in [7, 11) is 0. The highest BCUT2D eigenvalue weighted by molar-refractivity contribution is 6.42. The van der Waals surface area contributed by atoms with E-state index in [9.17, 15) is 9.18 Å². The van der Waals surface area contributed by atoms with Crippen LogP contribution in [-0.4, -0.2) is 20.9 Å². The predicted molar refractivity (Wildman–Crippen MR) is 95.6 cm³/mol. The number of benzene rings is 2. The third-order valence-corrected chi connectivity index (χ3v) is 4.17. The lowest BCUT2D eigenvalue weighted by atomic mass is 10.1. The molecule has 0 spiro atoms. The Morgan fingerprint density at radius 2 is 1.84 bits per heavy atom. The number of aromatic nitrogens is 2. The quantitative estimate of drug-likeness (QED) is 0.645. The van der Waals surface area contributed by atoms with Gasteiger partial charge in [0.1, 0.15) is 11.5 Å². The van der Waals surface area contributed by atoms with Gasteiger partial charge in [-0.05, 0) is 42.5 Å². The lowest BCUT2D eigenvalue weighted by molar-refractivity contribution is -0.131. The number of nitrogens with zero attached hydrogens (tertiary/aromatic N) is 2. The van der Waals surface area contributed by atoms with Gasteiger partial charge in [-0.1, -0.05) is 29.3 Å². The van der Waals surface area contributed by atoms with Crippen LogP contribution in [-0.2, 0) is 4.79 Å². The van der Waals surface area contributed by atoms with Crippen molar-refractivity contribution in [2.45, 2.75) is 0 Å². The summed E-state index contributed by atoms with van der Waals surface area (Å²) in [5.41, 5.74) is 2.42. The van der Waals surface area contributed by atoms with Gasteiger partial charge in [-0.3, -0.25) is 0 Å². The predicted octanol–water partition coefficient (Wildman–Crippen LogP) is 5.08. The molecule has 126 valence electrons. The summed E-state index contributed by atoms with van der Waals surface area (Å²) in [5, 5.41) is 14.1. The lowest BCUT2D eigenvalue weighted by Crippen LogP contribution is -1.94. The van der Waals surface area contributed by atoms with Gasteiger partial charge in [0.25, 0.3) is 0 Å². The molecule has 2 aromatic carbocycles. The number of hydrogen-bond acceptors (Lipinski definition) is 2. The van der Waals surface area contributed by atoms with Crippen LogP contribution in [0.2, 0.25) is 10.0 Å². The van der Waals surface area contributed by atoms with Gasteiger partial charge in [0, 0.05) is 23.4 Å². The van der Waals surface area contributed by atoms with Gasteiger partial charge in [-0.25, -0.2) is 13.9 Å². The number of halogens is 3. The average Bonchev–Trinajstić information content (AvgIpc) is 3.00. The Morgan fingerprint density at radius 3 is 2.48 bits per heavy atom. The van der Waals surface area contributed by atoms with Gasteiger partial charge < -0.3 is 5.11 Å². The summed E-state index contributed by atoms with van der Waals surface area (Å²) < 4.78 is 14.7. The topological polar surface area (TPSA) is 55.1 Å². The minimum Gasteiger partial charge on any atom is -0.478 e. The molecule has 1 N–H and O–H groups in total. The van der Waals surface area contributed by atoms with Crippen molar-refractivity contribution in [2.24, 2.45) is 0 Å². The molecule has 3 aromatic rings. The SMILES string of the molecule is O=C(O)/C=C/c1cn(-c2ccc(F)cc2)nc1-c1ccc(Cl)c(Cl)c1. The fourth-order valence-electron chi connectivity index (χ4n) is 2.26. The van der Waals surface area contributed by atoms with Crippen molar-refractivity contribution in [1.29, 1.82) is 0 Å². The first kappa shape index (κ1) is 17.2. The van der Waals surface area contributed by atoms with Crippen LogP contribution in [0.3, 0.4) is 0 Å². The molecule has 0 amide bonds.